The van der Waals surface area contributed by atoms with Gasteiger partial charge in [-0.2, -0.15) is 0 Å². The number of anilines is 2. The molecule has 0 amide bonds. The summed E-state index contributed by atoms with van der Waals surface area (Å²) in [6, 6.07) is 14.8. The summed E-state index contributed by atoms with van der Waals surface area (Å²) in [5.41, 5.74) is 2.33. The van der Waals surface area contributed by atoms with Crippen molar-refractivity contribution in [3.05, 3.63) is 53.9 Å². The number of aromatic hydroxyl groups is 1. The molecule has 4 nitrogen and oxygen atoms in total. The van der Waals surface area contributed by atoms with E-state index in [4.69, 9.17) is 4.74 Å². The van der Waals surface area contributed by atoms with E-state index >= 15 is 0 Å². The van der Waals surface area contributed by atoms with Gasteiger partial charge in [-0.1, -0.05) is 24.3 Å². The predicted molar refractivity (Wildman–Crippen MR) is 85.5 cm³/mol. The third-order valence-electron chi connectivity index (χ3n) is 3.03. The topological polar surface area (TPSA) is 54.4 Å². The van der Waals surface area contributed by atoms with E-state index in [1.54, 1.807) is 19.2 Å². The van der Waals surface area contributed by atoms with Gasteiger partial charge in [0.05, 0.1) is 18.5 Å². The number of nitrogens with one attached hydrogen (secondary N) is 1. The van der Waals surface area contributed by atoms with Crippen LogP contribution in [0.1, 0.15) is 0 Å². The van der Waals surface area contributed by atoms with E-state index in [1.165, 1.54) is 11.3 Å². The lowest BCUT2D eigenvalue weighted by atomic mass is 10.1. The van der Waals surface area contributed by atoms with Crippen LogP contribution in [0.2, 0.25) is 0 Å². The molecule has 21 heavy (non-hydrogen) atoms. The van der Waals surface area contributed by atoms with Crippen LogP contribution in [0.25, 0.3) is 11.3 Å². The van der Waals surface area contributed by atoms with Crippen LogP contribution in [0.5, 0.6) is 11.5 Å². The first-order chi connectivity index (χ1) is 10.3. The van der Waals surface area contributed by atoms with Crippen LogP contribution < -0.4 is 10.1 Å². The van der Waals surface area contributed by atoms with Gasteiger partial charge in [0.25, 0.3) is 0 Å². The molecule has 0 fully saturated rings. The molecule has 0 unspecified atom stereocenters. The Morgan fingerprint density at radius 3 is 2.67 bits per heavy atom. The summed E-state index contributed by atoms with van der Waals surface area (Å²) in [6.45, 7) is 0. The minimum Gasteiger partial charge on any atom is -0.507 e. The summed E-state index contributed by atoms with van der Waals surface area (Å²) in [6.07, 6.45) is 0. The molecule has 0 aliphatic heterocycles. The van der Waals surface area contributed by atoms with Crippen molar-refractivity contribution >= 4 is 22.2 Å². The summed E-state index contributed by atoms with van der Waals surface area (Å²) in [7, 11) is 1.63. The van der Waals surface area contributed by atoms with Crippen molar-refractivity contribution in [3.8, 4) is 22.8 Å². The van der Waals surface area contributed by atoms with Crippen LogP contribution in [-0.4, -0.2) is 17.2 Å². The molecular weight excluding hydrogens is 284 g/mol. The Kier molecular flexibility index (Phi) is 3.75. The van der Waals surface area contributed by atoms with Gasteiger partial charge in [0.15, 0.2) is 5.13 Å². The third kappa shape index (κ3) is 2.83. The molecule has 106 valence electrons. The lowest BCUT2D eigenvalue weighted by Gasteiger charge is -2.08. The number of aromatic nitrogens is 1. The Hall–Kier alpha value is -2.53. The van der Waals surface area contributed by atoms with E-state index < -0.39 is 0 Å². The Morgan fingerprint density at radius 2 is 1.86 bits per heavy atom. The highest BCUT2D eigenvalue weighted by atomic mass is 32.1. The number of ether oxygens (including phenoxy) is 1. The first-order valence-corrected chi connectivity index (χ1v) is 7.30. The highest BCUT2D eigenvalue weighted by Gasteiger charge is 2.09. The molecule has 0 saturated carbocycles. The summed E-state index contributed by atoms with van der Waals surface area (Å²) >= 11 is 1.48. The predicted octanol–water partition coefficient (Wildman–Crippen LogP) is 4.27. The maximum atomic E-state index is 9.87. The second-order valence-corrected chi connectivity index (χ2v) is 5.24. The van der Waals surface area contributed by atoms with Crippen LogP contribution in [0, 0.1) is 0 Å². The standard InChI is InChI=1S/C16H14N2O2S/c1-20-15-9-5-3-7-12(15)17-16-18-13(10-21-16)11-6-2-4-8-14(11)19/h2-10,19H,1H3,(H,17,18). The Morgan fingerprint density at radius 1 is 1.10 bits per heavy atom. The first-order valence-electron chi connectivity index (χ1n) is 6.42. The van der Waals surface area contributed by atoms with E-state index in [0.717, 1.165) is 27.8 Å². The highest BCUT2D eigenvalue weighted by Crippen LogP contribution is 2.33. The summed E-state index contributed by atoms with van der Waals surface area (Å²) in [4.78, 5) is 4.50. The van der Waals surface area contributed by atoms with E-state index in [9.17, 15) is 5.11 Å². The second kappa shape index (κ2) is 5.85. The second-order valence-electron chi connectivity index (χ2n) is 4.38. The van der Waals surface area contributed by atoms with Gasteiger partial charge in [-0.15, -0.1) is 11.3 Å². The van der Waals surface area contributed by atoms with Gasteiger partial charge in [0.2, 0.25) is 0 Å². The van der Waals surface area contributed by atoms with Crippen LogP contribution in [0.4, 0.5) is 10.8 Å². The van der Waals surface area contributed by atoms with Gasteiger partial charge in [-0.25, -0.2) is 4.98 Å². The highest BCUT2D eigenvalue weighted by molar-refractivity contribution is 7.14. The SMILES string of the molecule is COc1ccccc1Nc1nc(-c2ccccc2O)cs1. The molecule has 0 radical (unpaired) electrons. The molecule has 0 saturated heterocycles. The quantitative estimate of drug-likeness (QED) is 0.755. The summed E-state index contributed by atoms with van der Waals surface area (Å²) in [5.74, 6) is 0.989. The fourth-order valence-corrected chi connectivity index (χ4v) is 2.73. The summed E-state index contributed by atoms with van der Waals surface area (Å²) in [5, 5.41) is 15.8. The largest absolute Gasteiger partial charge is 0.507 e. The molecule has 5 heteroatoms. The molecular formula is C16H14N2O2S. The Bertz CT molecular complexity index is 755. The molecule has 3 aromatic rings. The van der Waals surface area contributed by atoms with Crippen molar-refractivity contribution < 1.29 is 9.84 Å². The van der Waals surface area contributed by atoms with Gasteiger partial charge in [0, 0.05) is 10.9 Å². The fraction of sp³-hybridized carbons (Fsp3) is 0.0625. The van der Waals surface area contributed by atoms with E-state index in [-0.39, 0.29) is 5.75 Å². The smallest absolute Gasteiger partial charge is 0.187 e. The average molecular weight is 298 g/mol. The number of hydrogen-bond acceptors (Lipinski definition) is 5. The minimum absolute atomic E-state index is 0.228. The molecule has 1 aromatic heterocycles. The molecule has 1 heterocycles. The molecule has 0 atom stereocenters. The molecule has 2 aromatic carbocycles. The fourth-order valence-electron chi connectivity index (χ4n) is 2.01. The molecule has 3 rings (SSSR count). The summed E-state index contributed by atoms with van der Waals surface area (Å²) < 4.78 is 5.30. The van der Waals surface area contributed by atoms with E-state index in [0.29, 0.717) is 0 Å². The molecule has 0 bridgehead atoms. The van der Waals surface area contributed by atoms with Gasteiger partial charge in [-0.05, 0) is 24.3 Å². The van der Waals surface area contributed by atoms with Crippen molar-refractivity contribution in [3.63, 3.8) is 0 Å². The number of para-hydroxylation sites is 3. The maximum Gasteiger partial charge on any atom is 0.187 e. The lowest BCUT2D eigenvalue weighted by molar-refractivity contribution is 0.417. The zero-order valence-corrected chi connectivity index (χ0v) is 12.2. The Balaban J connectivity index is 1.87. The molecule has 0 aliphatic carbocycles. The van der Waals surface area contributed by atoms with Gasteiger partial charge < -0.3 is 15.2 Å². The van der Waals surface area contributed by atoms with Crippen LogP contribution in [0.3, 0.4) is 0 Å². The first kappa shape index (κ1) is 13.5. The van der Waals surface area contributed by atoms with Crippen LogP contribution in [0.15, 0.2) is 53.9 Å². The monoisotopic (exact) mass is 298 g/mol. The van der Waals surface area contributed by atoms with Crippen LogP contribution in [-0.2, 0) is 0 Å². The third-order valence-corrected chi connectivity index (χ3v) is 3.79. The Labute approximate surface area is 126 Å². The number of methoxy groups -OCH3 is 1. The normalized spacial score (nSPS) is 10.3. The number of nitrogens with zero attached hydrogens (tertiary/aromatic N) is 1. The van der Waals surface area contributed by atoms with Gasteiger partial charge >= 0.3 is 0 Å². The number of phenolic OH excluding ortho intramolecular Hbond substituents is 1. The molecule has 2 N–H and O–H groups in total. The number of phenols is 1. The minimum atomic E-state index is 0.228. The molecule has 0 spiro atoms. The van der Waals surface area contributed by atoms with Crippen molar-refractivity contribution in [2.45, 2.75) is 0 Å². The number of benzene rings is 2. The van der Waals surface area contributed by atoms with Crippen molar-refractivity contribution in [2.75, 3.05) is 12.4 Å². The number of rotatable bonds is 4. The van der Waals surface area contributed by atoms with Gasteiger partial charge in [-0.3, -0.25) is 0 Å². The van der Waals surface area contributed by atoms with Gasteiger partial charge in [0.1, 0.15) is 11.5 Å². The van der Waals surface area contributed by atoms with E-state index in [2.05, 4.69) is 10.3 Å². The lowest BCUT2D eigenvalue weighted by Crippen LogP contribution is -1.93. The number of hydrogen-bond donors (Lipinski definition) is 2. The average Bonchev–Trinajstić information content (AvgIpc) is 2.96. The van der Waals surface area contributed by atoms with Crippen LogP contribution >= 0.6 is 11.3 Å². The van der Waals surface area contributed by atoms with Crippen molar-refractivity contribution in [1.82, 2.24) is 4.98 Å². The van der Waals surface area contributed by atoms with Crippen molar-refractivity contribution in [2.24, 2.45) is 0 Å². The number of thiazole rings is 1. The maximum absolute atomic E-state index is 9.87. The van der Waals surface area contributed by atoms with E-state index in [1.807, 2.05) is 41.8 Å². The zero-order chi connectivity index (χ0) is 14.7. The zero-order valence-electron chi connectivity index (χ0n) is 11.4. The van der Waals surface area contributed by atoms with Crippen molar-refractivity contribution in [1.29, 1.82) is 0 Å². The molecule has 0 aliphatic rings.